The fraction of sp³-hybridized carbons (Fsp3) is 0.176. The maximum atomic E-state index is 12.3. The summed E-state index contributed by atoms with van der Waals surface area (Å²) in [5.74, 6) is -1.07. The average Bonchev–Trinajstić information content (AvgIpc) is 3.13. The Hall–Kier alpha value is -2.25. The smallest absolute Gasteiger partial charge is 0.346 e. The molecule has 2 heterocycles. The van der Waals surface area contributed by atoms with Gasteiger partial charge in [0, 0.05) is 22.4 Å². The van der Waals surface area contributed by atoms with Gasteiger partial charge in [0.25, 0.3) is 5.91 Å². The number of benzene rings is 1. The number of thioether (sulfide) groups is 1. The van der Waals surface area contributed by atoms with Gasteiger partial charge >= 0.3 is 5.97 Å². The van der Waals surface area contributed by atoms with Gasteiger partial charge in [-0.2, -0.15) is 0 Å². The third kappa shape index (κ3) is 3.05. The van der Waals surface area contributed by atoms with Gasteiger partial charge < -0.3 is 14.8 Å². The van der Waals surface area contributed by atoms with Crippen molar-refractivity contribution >= 4 is 45.1 Å². The summed E-state index contributed by atoms with van der Waals surface area (Å²) in [5, 5.41) is 13.7. The third-order valence-electron chi connectivity index (χ3n) is 3.62. The molecular formula is C17H15NO4S2. The molecule has 0 unspecified atom stereocenters. The van der Waals surface area contributed by atoms with Crippen molar-refractivity contribution in [3.05, 3.63) is 52.1 Å². The Morgan fingerprint density at radius 3 is 2.75 bits per heavy atom. The molecule has 1 amide bonds. The highest BCUT2D eigenvalue weighted by Crippen LogP contribution is 2.31. The molecule has 0 saturated carbocycles. The maximum absolute atomic E-state index is 12.3. The van der Waals surface area contributed by atoms with Crippen LogP contribution in [0.2, 0.25) is 0 Å². The van der Waals surface area contributed by atoms with Crippen LogP contribution in [0.1, 0.15) is 31.4 Å². The van der Waals surface area contributed by atoms with Crippen LogP contribution >= 0.6 is 23.1 Å². The van der Waals surface area contributed by atoms with Crippen molar-refractivity contribution in [2.45, 2.75) is 18.6 Å². The Balaban J connectivity index is 1.87. The Morgan fingerprint density at radius 2 is 2.08 bits per heavy atom. The Bertz CT molecular complexity index is 926. The number of carbonyl (C=O) groups excluding carboxylic acids is 1. The van der Waals surface area contributed by atoms with E-state index in [-0.39, 0.29) is 23.1 Å². The second-order valence-electron chi connectivity index (χ2n) is 5.18. The molecule has 3 rings (SSSR count). The molecule has 3 aromatic rings. The van der Waals surface area contributed by atoms with E-state index in [1.165, 1.54) is 23.1 Å². The summed E-state index contributed by atoms with van der Waals surface area (Å²) in [5.41, 5.74) is 1.37. The van der Waals surface area contributed by atoms with Crippen molar-refractivity contribution < 1.29 is 19.1 Å². The number of furan rings is 1. The number of hydrogen-bond donors (Lipinski definition) is 2. The lowest BCUT2D eigenvalue weighted by Crippen LogP contribution is -2.23. The zero-order valence-corrected chi connectivity index (χ0v) is 14.7. The summed E-state index contributed by atoms with van der Waals surface area (Å²) >= 11 is 2.64. The van der Waals surface area contributed by atoms with Crippen LogP contribution in [-0.4, -0.2) is 23.2 Å². The fourth-order valence-corrected chi connectivity index (χ4v) is 4.00. The molecule has 0 radical (unpaired) electrons. The first-order chi connectivity index (χ1) is 11.5. The van der Waals surface area contributed by atoms with Crippen LogP contribution in [0.25, 0.3) is 10.1 Å². The summed E-state index contributed by atoms with van der Waals surface area (Å²) in [4.78, 5) is 24.1. The molecule has 124 valence electrons. The summed E-state index contributed by atoms with van der Waals surface area (Å²) in [7, 11) is 0. The van der Waals surface area contributed by atoms with E-state index in [1.54, 1.807) is 6.92 Å². The number of fused-ring (bicyclic) bond motifs is 1. The van der Waals surface area contributed by atoms with Crippen LogP contribution < -0.4 is 5.32 Å². The lowest BCUT2D eigenvalue weighted by atomic mass is 10.1. The zero-order chi connectivity index (χ0) is 17.3. The third-order valence-corrected chi connectivity index (χ3v) is 5.43. The predicted molar refractivity (Wildman–Crippen MR) is 95.2 cm³/mol. The van der Waals surface area contributed by atoms with Crippen molar-refractivity contribution in [1.29, 1.82) is 0 Å². The monoisotopic (exact) mass is 361 g/mol. The first kappa shape index (κ1) is 16.6. The second-order valence-corrected chi connectivity index (χ2v) is 7.04. The van der Waals surface area contributed by atoms with Gasteiger partial charge in [-0.1, -0.05) is 30.0 Å². The van der Waals surface area contributed by atoms with Gasteiger partial charge in [0.05, 0.1) is 0 Å². The number of carboxylic acids is 1. The minimum atomic E-state index is -0.987. The van der Waals surface area contributed by atoms with E-state index < -0.39 is 5.97 Å². The number of hydrogen-bond acceptors (Lipinski definition) is 5. The van der Waals surface area contributed by atoms with Gasteiger partial charge in [-0.15, -0.1) is 11.3 Å². The van der Waals surface area contributed by atoms with E-state index in [9.17, 15) is 14.7 Å². The van der Waals surface area contributed by atoms with Crippen LogP contribution in [0.4, 0.5) is 0 Å². The van der Waals surface area contributed by atoms with Crippen LogP contribution in [-0.2, 0) is 6.54 Å². The normalized spacial score (nSPS) is 10.9. The molecule has 0 aliphatic rings. The summed E-state index contributed by atoms with van der Waals surface area (Å²) < 4.78 is 6.38. The van der Waals surface area contributed by atoms with Crippen molar-refractivity contribution in [3.8, 4) is 0 Å². The molecule has 0 aliphatic carbocycles. The molecule has 5 nitrogen and oxygen atoms in total. The molecule has 0 saturated heterocycles. The van der Waals surface area contributed by atoms with Crippen molar-refractivity contribution in [3.63, 3.8) is 0 Å². The average molecular weight is 361 g/mol. The summed E-state index contributed by atoms with van der Waals surface area (Å²) in [6.45, 7) is 1.94. The van der Waals surface area contributed by atoms with Gasteiger partial charge in [-0.05, 0) is 30.7 Å². The van der Waals surface area contributed by atoms with Gasteiger partial charge in [-0.25, -0.2) is 4.79 Å². The minimum Gasteiger partial charge on any atom is -0.477 e. The summed E-state index contributed by atoms with van der Waals surface area (Å²) in [6, 6.07) is 9.27. The van der Waals surface area contributed by atoms with Gasteiger partial charge in [0.2, 0.25) is 0 Å². The molecule has 7 heteroatoms. The molecule has 2 aromatic heterocycles. The molecule has 2 N–H and O–H groups in total. The van der Waals surface area contributed by atoms with Gasteiger partial charge in [-0.3, -0.25) is 4.79 Å². The number of amides is 1. The van der Waals surface area contributed by atoms with E-state index in [0.717, 1.165) is 15.6 Å². The number of rotatable bonds is 5. The van der Waals surface area contributed by atoms with Gasteiger partial charge in [0.1, 0.15) is 4.88 Å². The lowest BCUT2D eigenvalue weighted by Gasteiger charge is -2.05. The van der Waals surface area contributed by atoms with E-state index in [4.69, 9.17) is 4.42 Å². The van der Waals surface area contributed by atoms with E-state index in [1.807, 2.05) is 36.6 Å². The van der Waals surface area contributed by atoms with Crippen molar-refractivity contribution in [2.75, 3.05) is 6.26 Å². The summed E-state index contributed by atoms with van der Waals surface area (Å²) in [6.07, 6.45) is 1.87. The van der Waals surface area contributed by atoms with Crippen LogP contribution in [0.3, 0.4) is 0 Å². The topological polar surface area (TPSA) is 79.5 Å². The number of thiophene rings is 1. The van der Waals surface area contributed by atoms with Crippen LogP contribution in [0.5, 0.6) is 0 Å². The van der Waals surface area contributed by atoms with Crippen molar-refractivity contribution in [2.24, 2.45) is 0 Å². The standard InChI is InChI=1S/C17H15NO4S2/c1-9-7-13(23-2)22-14(9)16(19)18-8-11-10-5-3-4-6-12(10)24-15(11)17(20)21/h3-7H,8H2,1-2H3,(H,18,19)(H,20,21). The first-order valence-electron chi connectivity index (χ1n) is 7.17. The van der Waals surface area contributed by atoms with E-state index in [2.05, 4.69) is 5.32 Å². The fourth-order valence-electron chi connectivity index (χ4n) is 2.47. The SMILES string of the molecule is CSc1cc(C)c(C(=O)NCc2c(C(=O)O)sc3ccccc23)o1. The highest BCUT2D eigenvalue weighted by atomic mass is 32.2. The van der Waals surface area contributed by atoms with Gasteiger partial charge in [0.15, 0.2) is 10.9 Å². The first-order valence-corrected chi connectivity index (χ1v) is 9.21. The minimum absolute atomic E-state index is 0.138. The molecular weight excluding hydrogens is 346 g/mol. The number of aromatic carboxylic acids is 1. The van der Waals surface area contributed by atoms with E-state index >= 15 is 0 Å². The largest absolute Gasteiger partial charge is 0.477 e. The molecule has 0 bridgehead atoms. The molecule has 0 atom stereocenters. The number of aryl methyl sites for hydroxylation is 1. The highest BCUT2D eigenvalue weighted by molar-refractivity contribution is 7.98. The number of carboxylic acid groups (broad SMARTS) is 1. The maximum Gasteiger partial charge on any atom is 0.346 e. The molecule has 0 aliphatic heterocycles. The predicted octanol–water partition coefficient (Wildman–Crippen LogP) is 4.15. The molecule has 1 aromatic carbocycles. The quantitative estimate of drug-likeness (QED) is 0.667. The molecule has 24 heavy (non-hydrogen) atoms. The molecule has 0 spiro atoms. The number of carbonyl (C=O) groups is 2. The van der Waals surface area contributed by atoms with Crippen LogP contribution in [0, 0.1) is 6.92 Å². The molecule has 0 fully saturated rings. The Kier molecular flexibility index (Phi) is 4.64. The van der Waals surface area contributed by atoms with Crippen molar-refractivity contribution in [1.82, 2.24) is 5.32 Å². The Labute approximate surface area is 146 Å². The zero-order valence-electron chi connectivity index (χ0n) is 13.1. The number of nitrogens with one attached hydrogen (secondary N) is 1. The van der Waals surface area contributed by atoms with E-state index in [0.29, 0.717) is 10.7 Å². The lowest BCUT2D eigenvalue weighted by molar-refractivity contribution is 0.0700. The highest BCUT2D eigenvalue weighted by Gasteiger charge is 2.20. The van der Waals surface area contributed by atoms with Crippen LogP contribution in [0.15, 0.2) is 39.8 Å². The Morgan fingerprint density at radius 1 is 1.33 bits per heavy atom. The second kappa shape index (κ2) is 6.70.